The molecule has 0 aliphatic carbocycles. The van der Waals surface area contributed by atoms with E-state index in [2.05, 4.69) is 30.1 Å². The third-order valence-corrected chi connectivity index (χ3v) is 3.85. The molecule has 0 fully saturated rings. The molecule has 1 aliphatic heterocycles. The Morgan fingerprint density at radius 2 is 2.30 bits per heavy atom. The normalized spacial score (nSPS) is 15.6. The zero-order valence-corrected chi connectivity index (χ0v) is 12.5. The van der Waals surface area contributed by atoms with Crippen molar-refractivity contribution in [2.75, 3.05) is 23.7 Å². The van der Waals surface area contributed by atoms with Crippen molar-refractivity contribution in [1.82, 2.24) is 5.32 Å². The first-order chi connectivity index (χ1) is 9.61. The van der Waals surface area contributed by atoms with E-state index in [0.717, 1.165) is 43.6 Å². The molecule has 0 aromatic heterocycles. The van der Waals surface area contributed by atoms with Gasteiger partial charge in [0.1, 0.15) is 0 Å². The van der Waals surface area contributed by atoms with E-state index in [-0.39, 0.29) is 11.9 Å². The van der Waals surface area contributed by atoms with E-state index in [4.69, 9.17) is 5.73 Å². The number of rotatable bonds is 5. The lowest BCUT2D eigenvalue weighted by molar-refractivity contribution is -0.120. The highest BCUT2D eigenvalue weighted by molar-refractivity contribution is 5.82. The van der Waals surface area contributed by atoms with Crippen LogP contribution in [0.2, 0.25) is 0 Å². The summed E-state index contributed by atoms with van der Waals surface area (Å²) in [6.45, 7) is 5.53. The van der Waals surface area contributed by atoms with Crippen molar-refractivity contribution in [2.24, 2.45) is 0 Å². The fraction of sp³-hybridized carbons (Fsp3) is 0.562. The van der Waals surface area contributed by atoms with Gasteiger partial charge in [-0.15, -0.1) is 0 Å². The molecule has 0 saturated heterocycles. The summed E-state index contributed by atoms with van der Waals surface area (Å²) in [5, 5.41) is 3.06. The molecule has 4 heteroatoms. The molecule has 0 saturated carbocycles. The minimum atomic E-state index is 0.0984. The van der Waals surface area contributed by atoms with Crippen LogP contribution in [0.25, 0.3) is 0 Å². The molecule has 110 valence electrons. The van der Waals surface area contributed by atoms with Crippen molar-refractivity contribution in [2.45, 2.75) is 45.6 Å². The van der Waals surface area contributed by atoms with E-state index in [1.165, 1.54) is 5.56 Å². The van der Waals surface area contributed by atoms with Crippen molar-refractivity contribution < 1.29 is 4.79 Å². The SMILES string of the molecule is CCCC(C)NC(=O)CN1CCCc2c(N)cccc21. The van der Waals surface area contributed by atoms with Crippen LogP contribution >= 0.6 is 0 Å². The van der Waals surface area contributed by atoms with Gasteiger partial charge in [-0.3, -0.25) is 4.79 Å². The molecule has 0 bridgehead atoms. The van der Waals surface area contributed by atoms with Crippen molar-refractivity contribution in [3.05, 3.63) is 23.8 Å². The summed E-state index contributed by atoms with van der Waals surface area (Å²) in [5.41, 5.74) is 9.18. The van der Waals surface area contributed by atoms with Crippen molar-refractivity contribution in [1.29, 1.82) is 0 Å². The quantitative estimate of drug-likeness (QED) is 0.811. The minimum Gasteiger partial charge on any atom is -0.398 e. The highest BCUT2D eigenvalue weighted by Crippen LogP contribution is 2.30. The third kappa shape index (κ3) is 3.44. The number of nitrogen functional groups attached to an aromatic ring is 1. The lowest BCUT2D eigenvalue weighted by Crippen LogP contribution is -2.42. The first-order valence-corrected chi connectivity index (χ1v) is 7.53. The zero-order chi connectivity index (χ0) is 14.5. The van der Waals surface area contributed by atoms with Crippen LogP contribution in [0.5, 0.6) is 0 Å². The number of fused-ring (bicyclic) bond motifs is 1. The molecule has 4 nitrogen and oxygen atoms in total. The number of nitrogens with two attached hydrogens (primary N) is 1. The van der Waals surface area contributed by atoms with Gasteiger partial charge >= 0.3 is 0 Å². The minimum absolute atomic E-state index is 0.0984. The van der Waals surface area contributed by atoms with Crippen LogP contribution in [0.4, 0.5) is 11.4 Å². The van der Waals surface area contributed by atoms with Crippen LogP contribution in [0, 0.1) is 0 Å². The van der Waals surface area contributed by atoms with Crippen molar-refractivity contribution in [3.8, 4) is 0 Å². The number of nitrogens with zero attached hydrogens (tertiary/aromatic N) is 1. The predicted molar refractivity (Wildman–Crippen MR) is 83.9 cm³/mol. The lowest BCUT2D eigenvalue weighted by atomic mass is 10.00. The number of anilines is 2. The summed E-state index contributed by atoms with van der Waals surface area (Å²) < 4.78 is 0. The Labute approximate surface area is 121 Å². The first kappa shape index (κ1) is 14.7. The molecule has 3 N–H and O–H groups in total. The van der Waals surface area contributed by atoms with Gasteiger partial charge in [-0.2, -0.15) is 0 Å². The Balaban J connectivity index is 2.01. The van der Waals surface area contributed by atoms with Crippen LogP contribution in [0.3, 0.4) is 0 Å². The van der Waals surface area contributed by atoms with E-state index in [1.54, 1.807) is 0 Å². The molecule has 0 radical (unpaired) electrons. The summed E-state index contributed by atoms with van der Waals surface area (Å²) in [6.07, 6.45) is 4.17. The fourth-order valence-corrected chi connectivity index (χ4v) is 2.89. The molecule has 1 aliphatic rings. The highest BCUT2D eigenvalue weighted by Gasteiger charge is 2.20. The summed E-state index contributed by atoms with van der Waals surface area (Å²) in [5.74, 6) is 0.0984. The van der Waals surface area contributed by atoms with Crippen LogP contribution in [-0.4, -0.2) is 25.0 Å². The Morgan fingerprint density at radius 3 is 3.05 bits per heavy atom. The lowest BCUT2D eigenvalue weighted by Gasteiger charge is -2.31. The average molecular weight is 275 g/mol. The van der Waals surface area contributed by atoms with Crippen molar-refractivity contribution >= 4 is 17.3 Å². The van der Waals surface area contributed by atoms with Gasteiger partial charge in [0.2, 0.25) is 5.91 Å². The summed E-state index contributed by atoms with van der Waals surface area (Å²) in [7, 11) is 0. The smallest absolute Gasteiger partial charge is 0.239 e. The fourth-order valence-electron chi connectivity index (χ4n) is 2.89. The van der Waals surface area contributed by atoms with Gasteiger partial charge in [0.15, 0.2) is 0 Å². The standard InChI is InChI=1S/C16H25N3O/c1-3-6-12(2)18-16(20)11-19-10-5-7-13-14(17)8-4-9-15(13)19/h4,8-9,12H,3,5-7,10-11,17H2,1-2H3,(H,18,20). The number of hydrogen-bond acceptors (Lipinski definition) is 3. The molecule has 20 heavy (non-hydrogen) atoms. The highest BCUT2D eigenvalue weighted by atomic mass is 16.2. The Morgan fingerprint density at radius 1 is 1.50 bits per heavy atom. The Bertz CT molecular complexity index is 473. The van der Waals surface area contributed by atoms with E-state index in [9.17, 15) is 4.79 Å². The van der Waals surface area contributed by atoms with Gasteiger partial charge in [-0.25, -0.2) is 0 Å². The van der Waals surface area contributed by atoms with Crippen LogP contribution in [0.15, 0.2) is 18.2 Å². The van der Waals surface area contributed by atoms with Crippen LogP contribution in [0.1, 0.15) is 38.7 Å². The number of hydrogen-bond donors (Lipinski definition) is 2. The van der Waals surface area contributed by atoms with Crippen LogP contribution in [-0.2, 0) is 11.2 Å². The monoisotopic (exact) mass is 275 g/mol. The van der Waals surface area contributed by atoms with E-state index < -0.39 is 0 Å². The maximum atomic E-state index is 12.1. The molecule has 1 unspecified atom stereocenters. The van der Waals surface area contributed by atoms with Gasteiger partial charge in [0.25, 0.3) is 0 Å². The molecule has 2 rings (SSSR count). The molecular formula is C16H25N3O. The van der Waals surface area contributed by atoms with E-state index in [0.29, 0.717) is 6.54 Å². The topological polar surface area (TPSA) is 58.4 Å². The molecule has 1 aromatic carbocycles. The number of benzene rings is 1. The van der Waals surface area contributed by atoms with E-state index >= 15 is 0 Å². The maximum Gasteiger partial charge on any atom is 0.239 e. The molecule has 1 atom stereocenters. The Kier molecular flexibility index (Phi) is 4.88. The number of amides is 1. The summed E-state index contributed by atoms with van der Waals surface area (Å²) >= 11 is 0. The van der Waals surface area contributed by atoms with Crippen LogP contribution < -0.4 is 16.0 Å². The van der Waals surface area contributed by atoms with Gasteiger partial charge in [0, 0.05) is 24.0 Å². The number of nitrogens with one attached hydrogen (secondary N) is 1. The van der Waals surface area contributed by atoms with Crippen molar-refractivity contribution in [3.63, 3.8) is 0 Å². The third-order valence-electron chi connectivity index (χ3n) is 3.85. The number of carbonyl (C=O) groups is 1. The molecule has 1 aromatic rings. The maximum absolute atomic E-state index is 12.1. The largest absolute Gasteiger partial charge is 0.398 e. The molecule has 1 amide bonds. The molecule has 1 heterocycles. The number of carbonyl (C=O) groups excluding carboxylic acids is 1. The first-order valence-electron chi connectivity index (χ1n) is 7.53. The van der Waals surface area contributed by atoms with Gasteiger partial charge in [0.05, 0.1) is 6.54 Å². The molecular weight excluding hydrogens is 250 g/mol. The van der Waals surface area contributed by atoms with E-state index in [1.807, 2.05) is 12.1 Å². The van der Waals surface area contributed by atoms with Gasteiger partial charge < -0.3 is 16.0 Å². The molecule has 0 spiro atoms. The second-order valence-electron chi connectivity index (χ2n) is 5.63. The Hall–Kier alpha value is -1.71. The average Bonchev–Trinajstić information content (AvgIpc) is 2.40. The van der Waals surface area contributed by atoms with Gasteiger partial charge in [-0.1, -0.05) is 19.4 Å². The second-order valence-corrected chi connectivity index (χ2v) is 5.63. The predicted octanol–water partition coefficient (Wildman–Crippen LogP) is 2.33. The zero-order valence-electron chi connectivity index (χ0n) is 12.5. The summed E-state index contributed by atoms with van der Waals surface area (Å²) in [4.78, 5) is 14.2. The second kappa shape index (κ2) is 6.64. The summed E-state index contributed by atoms with van der Waals surface area (Å²) in [6, 6.07) is 6.21. The van der Waals surface area contributed by atoms with Gasteiger partial charge in [-0.05, 0) is 43.9 Å².